The third kappa shape index (κ3) is 2.81. The number of carbonyl (C=O) groups is 1. The highest BCUT2D eigenvalue weighted by Crippen LogP contribution is 2.29. The van der Waals surface area contributed by atoms with Crippen molar-refractivity contribution in [2.45, 2.75) is 13.1 Å². The Kier molecular flexibility index (Phi) is 3.78. The molecule has 4 nitrogen and oxygen atoms in total. The molecule has 0 unspecified atom stereocenters. The third-order valence-electron chi connectivity index (χ3n) is 2.55. The van der Waals surface area contributed by atoms with Crippen molar-refractivity contribution in [3.8, 4) is 5.69 Å². The molecular formula is C13H11F3N2O2. The zero-order valence-electron chi connectivity index (χ0n) is 10.5. The summed E-state index contributed by atoms with van der Waals surface area (Å²) in [5.41, 5.74) is 0.548. The van der Waals surface area contributed by atoms with Crippen LogP contribution in [0, 0.1) is 0 Å². The van der Waals surface area contributed by atoms with Crippen molar-refractivity contribution in [3.05, 3.63) is 48.0 Å². The second-order valence-electron chi connectivity index (χ2n) is 3.89. The first-order chi connectivity index (χ1) is 9.43. The van der Waals surface area contributed by atoms with Crippen molar-refractivity contribution in [3.63, 3.8) is 0 Å². The highest BCUT2D eigenvalue weighted by Gasteiger charge is 2.36. The number of esters is 1. The lowest BCUT2D eigenvalue weighted by Crippen LogP contribution is -2.13. The molecule has 20 heavy (non-hydrogen) atoms. The Morgan fingerprint density at radius 3 is 2.50 bits per heavy atom. The van der Waals surface area contributed by atoms with Gasteiger partial charge in [-0.15, -0.1) is 0 Å². The van der Waals surface area contributed by atoms with E-state index in [9.17, 15) is 18.0 Å². The van der Waals surface area contributed by atoms with Gasteiger partial charge in [0.2, 0.25) is 5.82 Å². The van der Waals surface area contributed by atoms with Crippen molar-refractivity contribution in [1.82, 2.24) is 9.55 Å². The van der Waals surface area contributed by atoms with Gasteiger partial charge in [0.15, 0.2) is 0 Å². The number of halogens is 3. The largest absolute Gasteiger partial charge is 0.462 e. The lowest BCUT2D eigenvalue weighted by atomic mass is 10.2. The van der Waals surface area contributed by atoms with E-state index in [0.717, 1.165) is 10.8 Å². The topological polar surface area (TPSA) is 44.1 Å². The summed E-state index contributed by atoms with van der Waals surface area (Å²) in [5, 5.41) is 0. The van der Waals surface area contributed by atoms with Crippen LogP contribution in [0.4, 0.5) is 13.2 Å². The second kappa shape index (κ2) is 5.36. The third-order valence-corrected chi connectivity index (χ3v) is 2.55. The van der Waals surface area contributed by atoms with E-state index in [1.807, 2.05) is 0 Å². The normalized spacial score (nSPS) is 11.4. The Labute approximate surface area is 112 Å². The molecule has 2 rings (SSSR count). The van der Waals surface area contributed by atoms with E-state index in [1.165, 1.54) is 30.5 Å². The van der Waals surface area contributed by atoms with E-state index >= 15 is 0 Å². The number of nitrogens with zero attached hydrogens (tertiary/aromatic N) is 2. The number of ether oxygens (including phenoxy) is 1. The van der Waals surface area contributed by atoms with Crippen LogP contribution in [0.25, 0.3) is 5.69 Å². The number of hydrogen-bond donors (Lipinski definition) is 0. The molecule has 0 N–H and O–H groups in total. The van der Waals surface area contributed by atoms with Crippen LogP contribution in [0.5, 0.6) is 0 Å². The van der Waals surface area contributed by atoms with Crippen molar-refractivity contribution in [2.75, 3.05) is 6.61 Å². The first-order valence-corrected chi connectivity index (χ1v) is 5.81. The first-order valence-electron chi connectivity index (χ1n) is 5.81. The standard InChI is InChI=1S/C13H11F3N2O2/c1-2-20-11(19)9-3-5-10(6-4-9)18-8-7-17-12(18)13(14,15)16/h3-8H,2H2,1H3. The molecular weight excluding hydrogens is 273 g/mol. The molecule has 0 radical (unpaired) electrons. The zero-order chi connectivity index (χ0) is 14.8. The van der Waals surface area contributed by atoms with Crippen LogP contribution in [0.1, 0.15) is 23.1 Å². The fraction of sp³-hybridized carbons (Fsp3) is 0.231. The van der Waals surface area contributed by atoms with Gasteiger partial charge in [-0.1, -0.05) is 0 Å². The lowest BCUT2D eigenvalue weighted by molar-refractivity contribution is -0.145. The van der Waals surface area contributed by atoms with E-state index in [1.54, 1.807) is 6.92 Å². The van der Waals surface area contributed by atoms with Crippen molar-refractivity contribution in [2.24, 2.45) is 0 Å². The Morgan fingerprint density at radius 1 is 1.30 bits per heavy atom. The lowest BCUT2D eigenvalue weighted by Gasteiger charge is -2.10. The van der Waals surface area contributed by atoms with E-state index in [2.05, 4.69) is 4.98 Å². The van der Waals surface area contributed by atoms with Crippen molar-refractivity contribution >= 4 is 5.97 Å². The van der Waals surface area contributed by atoms with Gasteiger partial charge in [0.05, 0.1) is 12.2 Å². The van der Waals surface area contributed by atoms with Gasteiger partial charge in [0, 0.05) is 18.1 Å². The molecule has 0 aliphatic rings. The maximum atomic E-state index is 12.7. The Balaban J connectivity index is 2.32. The second-order valence-corrected chi connectivity index (χ2v) is 3.89. The summed E-state index contributed by atoms with van der Waals surface area (Å²) < 4.78 is 43.9. The molecule has 0 aliphatic heterocycles. The first kappa shape index (κ1) is 14.1. The van der Waals surface area contributed by atoms with Crippen molar-refractivity contribution < 1.29 is 22.7 Å². The van der Waals surface area contributed by atoms with Gasteiger partial charge in [0.25, 0.3) is 0 Å². The minimum atomic E-state index is -4.54. The van der Waals surface area contributed by atoms with Crippen LogP contribution < -0.4 is 0 Å². The van der Waals surface area contributed by atoms with Gasteiger partial charge in [-0.25, -0.2) is 9.78 Å². The summed E-state index contributed by atoms with van der Waals surface area (Å²) in [7, 11) is 0. The fourth-order valence-corrected chi connectivity index (χ4v) is 1.69. The SMILES string of the molecule is CCOC(=O)c1ccc(-n2ccnc2C(F)(F)F)cc1. The van der Waals surface area contributed by atoms with Gasteiger partial charge in [0.1, 0.15) is 0 Å². The Hall–Kier alpha value is -2.31. The smallest absolute Gasteiger partial charge is 0.450 e. The molecule has 0 aliphatic carbocycles. The monoisotopic (exact) mass is 284 g/mol. The number of rotatable bonds is 3. The summed E-state index contributed by atoms with van der Waals surface area (Å²) in [6, 6.07) is 5.63. The van der Waals surface area contributed by atoms with Gasteiger partial charge >= 0.3 is 12.1 Å². The molecule has 0 fully saturated rings. The van der Waals surface area contributed by atoms with Gasteiger partial charge in [-0.3, -0.25) is 4.57 Å². The molecule has 1 aromatic carbocycles. The average molecular weight is 284 g/mol. The molecule has 0 atom stereocenters. The minimum absolute atomic E-state index is 0.236. The molecule has 0 bridgehead atoms. The molecule has 0 amide bonds. The molecule has 1 heterocycles. The van der Waals surface area contributed by atoms with Crippen LogP contribution in [0.15, 0.2) is 36.7 Å². The van der Waals surface area contributed by atoms with Gasteiger partial charge < -0.3 is 4.74 Å². The molecule has 2 aromatic rings. The Morgan fingerprint density at radius 2 is 1.95 bits per heavy atom. The summed E-state index contributed by atoms with van der Waals surface area (Å²) in [4.78, 5) is 14.7. The van der Waals surface area contributed by atoms with E-state index in [0.29, 0.717) is 0 Å². The number of aromatic nitrogens is 2. The van der Waals surface area contributed by atoms with Crippen LogP contribution in [-0.2, 0) is 10.9 Å². The van der Waals surface area contributed by atoms with E-state index in [-0.39, 0.29) is 17.9 Å². The summed E-state index contributed by atoms with van der Waals surface area (Å²) in [5.74, 6) is -1.53. The van der Waals surface area contributed by atoms with Crippen LogP contribution >= 0.6 is 0 Å². The van der Waals surface area contributed by atoms with Gasteiger partial charge in [-0.05, 0) is 31.2 Å². The van der Waals surface area contributed by atoms with Crippen LogP contribution in [-0.4, -0.2) is 22.1 Å². The molecule has 106 valence electrons. The molecule has 0 saturated heterocycles. The molecule has 1 aromatic heterocycles. The van der Waals surface area contributed by atoms with Crippen LogP contribution in [0.3, 0.4) is 0 Å². The average Bonchev–Trinajstić information content (AvgIpc) is 2.88. The van der Waals surface area contributed by atoms with E-state index in [4.69, 9.17) is 4.74 Å². The number of hydrogen-bond acceptors (Lipinski definition) is 3. The number of alkyl halides is 3. The molecule has 0 saturated carbocycles. The van der Waals surface area contributed by atoms with Crippen LogP contribution in [0.2, 0.25) is 0 Å². The highest BCUT2D eigenvalue weighted by atomic mass is 19.4. The summed E-state index contributed by atoms with van der Waals surface area (Å²) in [6.45, 7) is 1.91. The van der Waals surface area contributed by atoms with E-state index < -0.39 is 18.0 Å². The predicted molar refractivity (Wildman–Crippen MR) is 64.5 cm³/mol. The minimum Gasteiger partial charge on any atom is -0.462 e. The summed E-state index contributed by atoms with van der Waals surface area (Å²) in [6.07, 6.45) is -2.26. The zero-order valence-corrected chi connectivity index (χ0v) is 10.5. The quantitative estimate of drug-likeness (QED) is 0.814. The maximum absolute atomic E-state index is 12.7. The Bertz CT molecular complexity index is 603. The highest BCUT2D eigenvalue weighted by molar-refractivity contribution is 5.89. The van der Waals surface area contributed by atoms with Crippen molar-refractivity contribution in [1.29, 1.82) is 0 Å². The molecule has 0 spiro atoms. The maximum Gasteiger partial charge on any atom is 0.450 e. The number of benzene rings is 1. The fourth-order valence-electron chi connectivity index (χ4n) is 1.69. The number of carbonyl (C=O) groups excluding carboxylic acids is 1. The van der Waals surface area contributed by atoms with Gasteiger partial charge in [-0.2, -0.15) is 13.2 Å². The summed E-state index contributed by atoms with van der Waals surface area (Å²) >= 11 is 0. The number of imidazole rings is 1. The predicted octanol–water partition coefficient (Wildman–Crippen LogP) is 3.07. The molecule has 7 heteroatoms.